The number of carbonyl (C=O) groups excluding carboxylic acids is 2. The third-order valence-electron chi connectivity index (χ3n) is 2.86. The van der Waals surface area contributed by atoms with E-state index in [0.29, 0.717) is 10.1 Å². The first-order valence-electron chi connectivity index (χ1n) is 7.51. The van der Waals surface area contributed by atoms with E-state index in [1.165, 1.54) is 36.7 Å². The largest absolute Gasteiger partial charge is 0.741 e. The molecule has 0 spiro atoms. The monoisotopic (exact) mass is 580 g/mol. The first kappa shape index (κ1) is 29.4. The van der Waals surface area contributed by atoms with Crippen molar-refractivity contribution in [2.75, 3.05) is 0 Å². The van der Waals surface area contributed by atoms with E-state index in [-0.39, 0.29) is 60.2 Å². The van der Waals surface area contributed by atoms with E-state index in [1.54, 1.807) is 0 Å². The van der Waals surface area contributed by atoms with Gasteiger partial charge in [-0.2, -0.15) is 10.2 Å². The first-order chi connectivity index (χ1) is 14.0. The zero-order valence-electron chi connectivity index (χ0n) is 15.0. The van der Waals surface area contributed by atoms with Crippen molar-refractivity contribution < 1.29 is 26.7 Å². The summed E-state index contributed by atoms with van der Waals surface area (Å²) in [5.74, 6) is -0.682. The first-order valence-corrected chi connectivity index (χ1v) is 9.84. The van der Waals surface area contributed by atoms with Crippen LogP contribution in [0.2, 0.25) is 0 Å². The van der Waals surface area contributed by atoms with Crippen molar-refractivity contribution in [3.63, 3.8) is 0 Å². The molecule has 8 nitrogen and oxygen atoms in total. The number of hydrazone groups is 2. The molecule has 2 aliphatic carbocycles. The molecule has 2 aliphatic rings. The number of hydrogen-bond donors (Lipinski definition) is 4. The van der Waals surface area contributed by atoms with Crippen molar-refractivity contribution in [3.8, 4) is 0 Å². The topological polar surface area (TPSA) is 135 Å². The van der Waals surface area contributed by atoms with Gasteiger partial charge < -0.3 is 36.7 Å². The van der Waals surface area contributed by atoms with Gasteiger partial charge >= 0.3 is 0 Å². The molecular formula is C16H12Cl4FeN6O2S2-2. The number of carbonyl (C=O) groups is 2. The smallest absolute Gasteiger partial charge is 0.205 e. The van der Waals surface area contributed by atoms with Crippen molar-refractivity contribution >= 4 is 93.6 Å². The quantitative estimate of drug-likeness (QED) is 0.0990. The molecule has 0 heterocycles. The summed E-state index contributed by atoms with van der Waals surface area (Å²) in [6.07, 6.45) is 8.29. The van der Waals surface area contributed by atoms with Gasteiger partial charge in [0.15, 0.2) is 0 Å². The molecule has 0 aromatic rings. The Bertz CT molecular complexity index is 901. The molecule has 168 valence electrons. The van der Waals surface area contributed by atoms with Crippen LogP contribution in [0.5, 0.6) is 0 Å². The Kier molecular flexibility index (Phi) is 13.8. The molecule has 0 unspecified atom stereocenters. The third-order valence-corrected chi connectivity index (χ3v) is 4.04. The van der Waals surface area contributed by atoms with Crippen LogP contribution in [0.4, 0.5) is 0 Å². The zero-order chi connectivity index (χ0) is 22.8. The molecule has 0 aliphatic heterocycles. The molecule has 0 amide bonds. The molecule has 0 fully saturated rings. The number of ketones is 2. The summed E-state index contributed by atoms with van der Waals surface area (Å²) in [5.41, 5.74) is 15.6. The molecule has 0 aromatic carbocycles. The van der Waals surface area contributed by atoms with Crippen LogP contribution < -0.4 is 22.3 Å². The van der Waals surface area contributed by atoms with Gasteiger partial charge in [0, 0.05) is 50.7 Å². The molecule has 2 rings (SSSR count). The Labute approximate surface area is 219 Å². The molecule has 15 heteroatoms. The predicted octanol–water partition coefficient (Wildman–Crippen LogP) is 2.13. The number of halogens is 4. The summed E-state index contributed by atoms with van der Waals surface area (Å²) in [4.78, 5) is 22.9. The Morgan fingerprint density at radius 2 is 1.10 bits per heavy atom. The van der Waals surface area contributed by atoms with E-state index in [2.05, 4.69) is 46.3 Å². The Hall–Kier alpha value is -1.56. The van der Waals surface area contributed by atoms with Crippen molar-refractivity contribution in [1.82, 2.24) is 10.9 Å². The summed E-state index contributed by atoms with van der Waals surface area (Å²) in [6.45, 7) is 0. The van der Waals surface area contributed by atoms with Crippen LogP contribution in [-0.2, 0) is 51.9 Å². The van der Waals surface area contributed by atoms with Gasteiger partial charge in [-0.25, -0.2) is 0 Å². The normalized spacial score (nSPS) is 19.4. The van der Waals surface area contributed by atoms with Crippen molar-refractivity contribution in [2.24, 2.45) is 21.7 Å². The molecule has 0 saturated carbocycles. The summed E-state index contributed by atoms with van der Waals surface area (Å²) < 4.78 is 0. The molecule has 0 bridgehead atoms. The average molecular weight is 582 g/mol. The number of amidine groups is 2. The zero-order valence-corrected chi connectivity index (χ0v) is 20.8. The third kappa shape index (κ3) is 11.0. The second-order valence-corrected chi connectivity index (χ2v) is 7.58. The van der Waals surface area contributed by atoms with Crippen LogP contribution in [0.3, 0.4) is 0 Å². The standard InChI is InChI=1S/2C8H7Cl2N3OS.Fe/c2*9-5-1-4(3-12-13-8(11)15)7(14)6(10)2-5;/h2*1-3,12H,(H3,11,13,15);/p-2. The number of nitrogens with one attached hydrogen (secondary N) is 2. The minimum atomic E-state index is -0.341. The summed E-state index contributed by atoms with van der Waals surface area (Å²) in [7, 11) is 0. The number of allylic oxidation sites excluding steroid dienone is 10. The fraction of sp³-hybridized carbons (Fsp3) is 0. The molecular weight excluding hydrogens is 570 g/mol. The second-order valence-electron chi connectivity index (χ2n) is 5.06. The summed E-state index contributed by atoms with van der Waals surface area (Å²) >= 11 is 31.7. The van der Waals surface area contributed by atoms with E-state index in [0.717, 1.165) is 0 Å². The van der Waals surface area contributed by atoms with E-state index >= 15 is 0 Å². The van der Waals surface area contributed by atoms with Crippen molar-refractivity contribution in [1.29, 1.82) is 0 Å². The van der Waals surface area contributed by atoms with E-state index in [9.17, 15) is 9.59 Å². The fourth-order valence-corrected chi connectivity index (χ4v) is 2.83. The van der Waals surface area contributed by atoms with Gasteiger partial charge in [0.05, 0.1) is 10.1 Å². The van der Waals surface area contributed by atoms with Gasteiger partial charge in [-0.05, 0) is 34.6 Å². The van der Waals surface area contributed by atoms with Crippen molar-refractivity contribution in [2.45, 2.75) is 0 Å². The molecule has 0 radical (unpaired) electrons. The maximum Gasteiger partial charge on any atom is 0.205 e. The van der Waals surface area contributed by atoms with E-state index in [4.69, 9.17) is 57.9 Å². The number of rotatable bonds is 4. The maximum absolute atomic E-state index is 11.4. The molecule has 31 heavy (non-hydrogen) atoms. The number of hydrogen-bond acceptors (Lipinski definition) is 8. The second kappa shape index (κ2) is 14.5. The minimum Gasteiger partial charge on any atom is -0.741 e. The average Bonchev–Trinajstić information content (AvgIpc) is 2.63. The number of Topliss-reactive ketones (excluding diaryl/α,β-unsaturated/α-hetero) is 2. The molecule has 0 atom stereocenters. The Balaban J connectivity index is 0.000000562. The van der Waals surface area contributed by atoms with Crippen LogP contribution in [0.25, 0.3) is 0 Å². The van der Waals surface area contributed by atoms with Gasteiger partial charge in [0.25, 0.3) is 0 Å². The Morgan fingerprint density at radius 1 is 0.774 bits per heavy atom. The van der Waals surface area contributed by atoms with Gasteiger partial charge in [-0.15, -0.1) is 0 Å². The van der Waals surface area contributed by atoms with E-state index < -0.39 is 0 Å². The van der Waals surface area contributed by atoms with Crippen LogP contribution >= 0.6 is 46.4 Å². The Morgan fingerprint density at radius 3 is 1.39 bits per heavy atom. The SMILES string of the molecule is NC([S-])=NNC=C1C=C(Cl)C=C(Cl)C1=O.NC([S-])=NNC=C1C=C(Cl)C=C(Cl)C1=O.[Fe]. The molecule has 0 aromatic heterocycles. The molecule has 0 saturated heterocycles. The van der Waals surface area contributed by atoms with Gasteiger partial charge in [0.2, 0.25) is 11.6 Å². The van der Waals surface area contributed by atoms with Crippen molar-refractivity contribution in [3.05, 3.63) is 68.0 Å². The number of nitrogens with zero attached hydrogens (tertiary/aromatic N) is 2. The van der Waals surface area contributed by atoms with Gasteiger partial charge in [-0.3, -0.25) is 20.4 Å². The summed E-state index contributed by atoms with van der Waals surface area (Å²) in [5, 5.41) is 7.69. The molecule has 6 N–H and O–H groups in total. The summed E-state index contributed by atoms with van der Waals surface area (Å²) in [6, 6.07) is 0. The predicted molar refractivity (Wildman–Crippen MR) is 126 cm³/mol. The maximum atomic E-state index is 11.4. The van der Waals surface area contributed by atoms with Gasteiger partial charge in [0.1, 0.15) is 0 Å². The minimum absolute atomic E-state index is 0. The van der Waals surface area contributed by atoms with Crippen LogP contribution in [-0.4, -0.2) is 21.9 Å². The fourth-order valence-electron chi connectivity index (χ4n) is 1.71. The van der Waals surface area contributed by atoms with Crippen LogP contribution in [0, 0.1) is 0 Å². The number of nitrogens with two attached hydrogens (primary N) is 2. The van der Waals surface area contributed by atoms with E-state index in [1.807, 2.05) is 0 Å². The van der Waals surface area contributed by atoms with Crippen LogP contribution in [0.1, 0.15) is 0 Å². The van der Waals surface area contributed by atoms with Crippen LogP contribution in [0.15, 0.2) is 78.2 Å². The van der Waals surface area contributed by atoms with Gasteiger partial charge in [-0.1, -0.05) is 46.4 Å².